The van der Waals surface area contributed by atoms with Crippen LogP contribution in [0.5, 0.6) is 0 Å². The normalized spacial score (nSPS) is 22.1. The zero-order valence-corrected chi connectivity index (χ0v) is 13.9. The summed E-state index contributed by atoms with van der Waals surface area (Å²) in [5.41, 5.74) is 0.454. The smallest absolute Gasteiger partial charge is 0.0587 e. The Morgan fingerprint density at radius 1 is 1.30 bits per heavy atom. The third kappa shape index (κ3) is 6.55. The summed E-state index contributed by atoms with van der Waals surface area (Å²) in [6, 6.07) is 0. The molecule has 3 heteroatoms. The molecule has 1 fully saturated rings. The molecule has 0 aliphatic carbocycles. The average Bonchev–Trinajstić information content (AvgIpc) is 2.99. The molecule has 0 spiro atoms. The van der Waals surface area contributed by atoms with Crippen LogP contribution in [-0.2, 0) is 9.47 Å². The molecule has 0 amide bonds. The van der Waals surface area contributed by atoms with Crippen LogP contribution in [0.1, 0.15) is 65.2 Å². The molecule has 2 atom stereocenters. The molecular weight excluding hydrogens is 250 g/mol. The van der Waals surface area contributed by atoms with E-state index in [4.69, 9.17) is 9.47 Å². The minimum Gasteiger partial charge on any atom is -0.383 e. The number of rotatable bonds is 12. The summed E-state index contributed by atoms with van der Waals surface area (Å²) >= 11 is 0. The maximum Gasteiger partial charge on any atom is 0.0587 e. The zero-order valence-electron chi connectivity index (χ0n) is 13.9. The van der Waals surface area contributed by atoms with Crippen molar-refractivity contribution >= 4 is 0 Å². The molecule has 0 aromatic rings. The van der Waals surface area contributed by atoms with E-state index in [1.165, 1.54) is 51.4 Å². The van der Waals surface area contributed by atoms with E-state index in [2.05, 4.69) is 19.2 Å². The number of hydrogen-bond donors (Lipinski definition) is 1. The van der Waals surface area contributed by atoms with Crippen LogP contribution in [0, 0.1) is 5.41 Å². The summed E-state index contributed by atoms with van der Waals surface area (Å²) in [5, 5.41) is 3.60. The quantitative estimate of drug-likeness (QED) is 0.554. The number of methoxy groups -OCH3 is 1. The van der Waals surface area contributed by atoms with Crippen LogP contribution in [0.4, 0.5) is 0 Å². The second kappa shape index (κ2) is 10.6. The molecular formula is C17H35NO2. The first kappa shape index (κ1) is 17.9. The highest BCUT2D eigenvalue weighted by Crippen LogP contribution is 2.35. The van der Waals surface area contributed by atoms with E-state index in [-0.39, 0.29) is 0 Å². The van der Waals surface area contributed by atoms with Crippen LogP contribution >= 0.6 is 0 Å². The van der Waals surface area contributed by atoms with Crippen LogP contribution in [-0.4, -0.2) is 39.5 Å². The van der Waals surface area contributed by atoms with Gasteiger partial charge in [-0.2, -0.15) is 0 Å². The number of unbranched alkanes of at least 4 members (excludes halogenated alkanes) is 1. The molecule has 2 unspecified atom stereocenters. The Bertz CT molecular complexity index is 229. The van der Waals surface area contributed by atoms with Crippen molar-refractivity contribution in [3.63, 3.8) is 0 Å². The Labute approximate surface area is 125 Å². The molecule has 0 bridgehead atoms. The molecule has 1 aliphatic heterocycles. The highest BCUT2D eigenvalue weighted by atomic mass is 16.5. The van der Waals surface area contributed by atoms with Crippen LogP contribution in [0.25, 0.3) is 0 Å². The van der Waals surface area contributed by atoms with Crippen LogP contribution in [0.3, 0.4) is 0 Å². The Kier molecular flexibility index (Phi) is 9.49. The zero-order chi connectivity index (χ0) is 14.7. The van der Waals surface area contributed by atoms with Crippen molar-refractivity contribution in [1.82, 2.24) is 5.32 Å². The van der Waals surface area contributed by atoms with E-state index < -0.39 is 0 Å². The van der Waals surface area contributed by atoms with Crippen LogP contribution in [0.2, 0.25) is 0 Å². The third-order valence-electron chi connectivity index (χ3n) is 4.81. The maximum absolute atomic E-state index is 5.80. The average molecular weight is 285 g/mol. The van der Waals surface area contributed by atoms with Crippen molar-refractivity contribution in [3.8, 4) is 0 Å². The lowest BCUT2D eigenvalue weighted by atomic mass is 9.75. The fourth-order valence-electron chi connectivity index (χ4n) is 3.20. The van der Waals surface area contributed by atoms with Crippen LogP contribution in [0.15, 0.2) is 0 Å². The van der Waals surface area contributed by atoms with E-state index in [0.29, 0.717) is 11.5 Å². The van der Waals surface area contributed by atoms with E-state index in [1.54, 1.807) is 7.11 Å². The SMILES string of the molecule is CCCCC(CC)(CCC1CCCO1)CNCCOC. The van der Waals surface area contributed by atoms with Crippen molar-refractivity contribution in [3.05, 3.63) is 0 Å². The summed E-state index contributed by atoms with van der Waals surface area (Å²) in [4.78, 5) is 0. The molecule has 0 saturated carbocycles. The first-order valence-corrected chi connectivity index (χ1v) is 8.57. The van der Waals surface area contributed by atoms with Gasteiger partial charge < -0.3 is 14.8 Å². The lowest BCUT2D eigenvalue weighted by molar-refractivity contribution is 0.0822. The molecule has 1 rings (SSSR count). The molecule has 3 nitrogen and oxygen atoms in total. The Balaban J connectivity index is 2.41. The van der Waals surface area contributed by atoms with Crippen molar-refractivity contribution in [2.75, 3.05) is 33.4 Å². The first-order chi connectivity index (χ1) is 9.76. The second-order valence-corrected chi connectivity index (χ2v) is 6.30. The minimum atomic E-state index is 0.454. The van der Waals surface area contributed by atoms with Gasteiger partial charge in [-0.1, -0.05) is 26.7 Å². The predicted octanol–water partition coefficient (Wildman–Crippen LogP) is 3.77. The van der Waals surface area contributed by atoms with Gasteiger partial charge in [0, 0.05) is 26.8 Å². The molecule has 0 radical (unpaired) electrons. The standard InChI is InChI=1S/C17H35NO2/c1-4-6-10-17(5-2,15-18-12-14-19-3)11-9-16-8-7-13-20-16/h16,18H,4-15H2,1-3H3. The fourth-order valence-corrected chi connectivity index (χ4v) is 3.20. The summed E-state index contributed by atoms with van der Waals surface area (Å²) in [6.07, 6.45) is 10.8. The highest BCUT2D eigenvalue weighted by Gasteiger charge is 2.29. The van der Waals surface area contributed by atoms with Crippen LogP contribution < -0.4 is 5.32 Å². The molecule has 0 aromatic carbocycles. The van der Waals surface area contributed by atoms with Gasteiger partial charge in [0.2, 0.25) is 0 Å². The Morgan fingerprint density at radius 2 is 2.15 bits per heavy atom. The maximum atomic E-state index is 5.80. The summed E-state index contributed by atoms with van der Waals surface area (Å²) in [5.74, 6) is 0. The Morgan fingerprint density at radius 3 is 2.75 bits per heavy atom. The largest absolute Gasteiger partial charge is 0.383 e. The number of nitrogens with one attached hydrogen (secondary N) is 1. The fraction of sp³-hybridized carbons (Fsp3) is 1.00. The van der Waals surface area contributed by atoms with Gasteiger partial charge in [0.15, 0.2) is 0 Å². The topological polar surface area (TPSA) is 30.5 Å². The summed E-state index contributed by atoms with van der Waals surface area (Å²) < 4.78 is 10.9. The molecule has 0 aromatic heterocycles. The lowest BCUT2D eigenvalue weighted by Crippen LogP contribution is -2.36. The van der Waals surface area contributed by atoms with Gasteiger partial charge in [0.25, 0.3) is 0 Å². The molecule has 1 saturated heterocycles. The van der Waals surface area contributed by atoms with Gasteiger partial charge in [0.1, 0.15) is 0 Å². The van der Waals surface area contributed by atoms with E-state index in [0.717, 1.165) is 26.3 Å². The minimum absolute atomic E-state index is 0.454. The number of ether oxygens (including phenoxy) is 2. The monoisotopic (exact) mass is 285 g/mol. The van der Waals surface area contributed by atoms with Gasteiger partial charge in [-0.05, 0) is 43.9 Å². The molecule has 1 aliphatic rings. The van der Waals surface area contributed by atoms with E-state index >= 15 is 0 Å². The Hall–Kier alpha value is -0.120. The van der Waals surface area contributed by atoms with E-state index in [9.17, 15) is 0 Å². The van der Waals surface area contributed by atoms with Gasteiger partial charge >= 0.3 is 0 Å². The van der Waals surface area contributed by atoms with Crippen molar-refractivity contribution in [2.45, 2.75) is 71.3 Å². The van der Waals surface area contributed by atoms with Crippen molar-refractivity contribution in [1.29, 1.82) is 0 Å². The molecule has 1 N–H and O–H groups in total. The molecule has 1 heterocycles. The first-order valence-electron chi connectivity index (χ1n) is 8.57. The lowest BCUT2D eigenvalue weighted by Gasteiger charge is -2.34. The van der Waals surface area contributed by atoms with Crippen molar-refractivity contribution in [2.24, 2.45) is 5.41 Å². The van der Waals surface area contributed by atoms with Crippen molar-refractivity contribution < 1.29 is 9.47 Å². The second-order valence-electron chi connectivity index (χ2n) is 6.30. The van der Waals surface area contributed by atoms with E-state index in [1.807, 2.05) is 0 Å². The molecule has 120 valence electrons. The van der Waals surface area contributed by atoms with Gasteiger partial charge in [-0.15, -0.1) is 0 Å². The van der Waals surface area contributed by atoms with Gasteiger partial charge in [-0.3, -0.25) is 0 Å². The molecule has 20 heavy (non-hydrogen) atoms. The summed E-state index contributed by atoms with van der Waals surface area (Å²) in [6.45, 7) is 8.51. The highest BCUT2D eigenvalue weighted by molar-refractivity contribution is 4.82. The third-order valence-corrected chi connectivity index (χ3v) is 4.81. The van der Waals surface area contributed by atoms with Gasteiger partial charge in [0.05, 0.1) is 12.7 Å². The number of hydrogen-bond acceptors (Lipinski definition) is 3. The van der Waals surface area contributed by atoms with Gasteiger partial charge in [-0.25, -0.2) is 0 Å². The predicted molar refractivity (Wildman–Crippen MR) is 85.2 cm³/mol. The summed E-state index contributed by atoms with van der Waals surface area (Å²) in [7, 11) is 1.77.